The van der Waals surface area contributed by atoms with Gasteiger partial charge in [0.1, 0.15) is 0 Å². The summed E-state index contributed by atoms with van der Waals surface area (Å²) in [7, 11) is 0. The average molecular weight is 225 g/mol. The minimum Gasteiger partial charge on any atom is -0.361 e. The molecule has 3 heteroatoms. The number of aromatic amines is 1. The lowest BCUT2D eigenvalue weighted by Crippen LogP contribution is -2.08. The van der Waals surface area contributed by atoms with Crippen LogP contribution in [0.1, 0.15) is 31.4 Å². The van der Waals surface area contributed by atoms with Crippen LogP contribution in [0.3, 0.4) is 0 Å². The van der Waals surface area contributed by atoms with E-state index in [-0.39, 0.29) is 18.4 Å². The molecule has 0 unspecified atom stereocenters. The first-order chi connectivity index (χ1) is 6.83. The fraction of sp³-hybridized carbons (Fsp3) is 0.333. The van der Waals surface area contributed by atoms with E-state index in [1.807, 2.05) is 12.3 Å². The Morgan fingerprint density at radius 1 is 1.33 bits per heavy atom. The van der Waals surface area contributed by atoms with Gasteiger partial charge < -0.3 is 10.7 Å². The molecule has 0 spiro atoms. The predicted molar refractivity (Wildman–Crippen MR) is 67.4 cm³/mol. The van der Waals surface area contributed by atoms with E-state index in [9.17, 15) is 0 Å². The molecule has 15 heavy (non-hydrogen) atoms. The van der Waals surface area contributed by atoms with Crippen molar-refractivity contribution >= 4 is 23.3 Å². The van der Waals surface area contributed by atoms with Gasteiger partial charge in [0, 0.05) is 23.1 Å². The Labute approximate surface area is 96.3 Å². The number of nitrogens with one attached hydrogen (secondary N) is 1. The molecule has 0 aliphatic heterocycles. The van der Waals surface area contributed by atoms with Crippen LogP contribution >= 0.6 is 12.4 Å². The van der Waals surface area contributed by atoms with E-state index in [2.05, 4.69) is 30.1 Å². The summed E-state index contributed by atoms with van der Waals surface area (Å²) in [5.41, 5.74) is 8.51. The fourth-order valence-electron chi connectivity index (χ4n) is 1.87. The van der Waals surface area contributed by atoms with Gasteiger partial charge in [-0.3, -0.25) is 0 Å². The van der Waals surface area contributed by atoms with Gasteiger partial charge >= 0.3 is 0 Å². The summed E-state index contributed by atoms with van der Waals surface area (Å²) in [6.07, 6.45) is 4.20. The number of hydrogen-bond acceptors (Lipinski definition) is 1. The topological polar surface area (TPSA) is 41.8 Å². The van der Waals surface area contributed by atoms with Crippen molar-refractivity contribution in [3.05, 3.63) is 36.0 Å². The molecule has 0 amide bonds. The summed E-state index contributed by atoms with van der Waals surface area (Å²) in [5, 5.41) is 1.26. The third kappa shape index (κ3) is 2.33. The maximum absolute atomic E-state index is 6.10. The molecular weight excluding hydrogens is 208 g/mol. The number of para-hydroxylation sites is 1. The summed E-state index contributed by atoms with van der Waals surface area (Å²) in [6, 6.07) is 8.46. The Hall–Kier alpha value is -0.990. The van der Waals surface area contributed by atoms with Gasteiger partial charge in [-0.05, 0) is 18.1 Å². The first kappa shape index (κ1) is 12.1. The lowest BCUT2D eigenvalue weighted by atomic mass is 10.0. The third-order valence-electron chi connectivity index (χ3n) is 2.62. The molecule has 2 aromatic rings. The van der Waals surface area contributed by atoms with Gasteiger partial charge in [-0.15, -0.1) is 12.4 Å². The Bertz CT molecular complexity index is 422. The molecule has 0 bridgehead atoms. The molecule has 0 aliphatic carbocycles. The number of nitrogens with two attached hydrogens (primary N) is 1. The average Bonchev–Trinajstić information content (AvgIpc) is 2.61. The van der Waals surface area contributed by atoms with Gasteiger partial charge in [0.25, 0.3) is 0 Å². The number of H-pyrrole nitrogens is 1. The van der Waals surface area contributed by atoms with Gasteiger partial charge in [0.15, 0.2) is 0 Å². The van der Waals surface area contributed by atoms with Crippen LogP contribution in [-0.2, 0) is 0 Å². The van der Waals surface area contributed by atoms with E-state index in [1.54, 1.807) is 0 Å². The van der Waals surface area contributed by atoms with E-state index in [4.69, 9.17) is 5.73 Å². The van der Waals surface area contributed by atoms with Crippen LogP contribution in [-0.4, -0.2) is 4.98 Å². The van der Waals surface area contributed by atoms with E-state index in [0.717, 1.165) is 12.8 Å². The molecule has 0 saturated heterocycles. The van der Waals surface area contributed by atoms with Crippen LogP contribution in [0.4, 0.5) is 0 Å². The zero-order chi connectivity index (χ0) is 9.97. The lowest BCUT2D eigenvalue weighted by Gasteiger charge is -2.08. The normalized spacial score (nSPS) is 12.4. The highest BCUT2D eigenvalue weighted by Gasteiger charge is 2.09. The van der Waals surface area contributed by atoms with E-state index < -0.39 is 0 Å². The number of hydrogen-bond donors (Lipinski definition) is 2. The quantitative estimate of drug-likeness (QED) is 0.825. The smallest absolute Gasteiger partial charge is 0.0457 e. The minimum atomic E-state index is 0. The number of halogens is 1. The number of aromatic nitrogens is 1. The summed E-state index contributed by atoms with van der Waals surface area (Å²) in [6.45, 7) is 2.16. The monoisotopic (exact) mass is 224 g/mol. The van der Waals surface area contributed by atoms with Crippen molar-refractivity contribution in [3.8, 4) is 0 Å². The number of rotatable bonds is 3. The van der Waals surface area contributed by atoms with E-state index in [0.29, 0.717) is 0 Å². The maximum atomic E-state index is 6.10. The van der Waals surface area contributed by atoms with E-state index >= 15 is 0 Å². The second-order valence-electron chi connectivity index (χ2n) is 3.68. The molecule has 0 radical (unpaired) electrons. The van der Waals surface area contributed by atoms with Crippen molar-refractivity contribution < 1.29 is 0 Å². The Balaban J connectivity index is 0.00000112. The number of benzene rings is 1. The van der Waals surface area contributed by atoms with Crippen LogP contribution in [0.25, 0.3) is 10.9 Å². The Morgan fingerprint density at radius 2 is 2.07 bits per heavy atom. The van der Waals surface area contributed by atoms with Gasteiger partial charge in [0.05, 0.1) is 0 Å². The predicted octanol–water partition coefficient (Wildman–Crippen LogP) is 3.39. The maximum Gasteiger partial charge on any atom is 0.0457 e. The highest BCUT2D eigenvalue weighted by atomic mass is 35.5. The van der Waals surface area contributed by atoms with Gasteiger partial charge in [-0.25, -0.2) is 0 Å². The van der Waals surface area contributed by atoms with Crippen molar-refractivity contribution in [1.82, 2.24) is 4.98 Å². The molecule has 2 nitrogen and oxygen atoms in total. The molecule has 2 rings (SSSR count). The molecule has 1 atom stereocenters. The summed E-state index contributed by atoms with van der Waals surface area (Å²) >= 11 is 0. The zero-order valence-corrected chi connectivity index (χ0v) is 9.68. The van der Waals surface area contributed by atoms with Crippen LogP contribution < -0.4 is 5.73 Å². The van der Waals surface area contributed by atoms with Crippen LogP contribution in [0.15, 0.2) is 30.5 Å². The van der Waals surface area contributed by atoms with Crippen LogP contribution in [0, 0.1) is 0 Å². The highest BCUT2D eigenvalue weighted by Crippen LogP contribution is 2.24. The van der Waals surface area contributed by atoms with Crippen LogP contribution in [0.2, 0.25) is 0 Å². The fourth-order valence-corrected chi connectivity index (χ4v) is 1.87. The van der Waals surface area contributed by atoms with E-state index in [1.165, 1.54) is 16.5 Å². The molecule has 3 N–H and O–H groups in total. The highest BCUT2D eigenvalue weighted by molar-refractivity contribution is 5.85. The van der Waals surface area contributed by atoms with Crippen molar-refractivity contribution in [1.29, 1.82) is 0 Å². The van der Waals surface area contributed by atoms with Crippen molar-refractivity contribution in [2.24, 2.45) is 5.73 Å². The largest absolute Gasteiger partial charge is 0.361 e. The van der Waals surface area contributed by atoms with Gasteiger partial charge in [0.2, 0.25) is 0 Å². The standard InChI is InChI=1S/C12H16N2.ClH/c1-2-5-11(13)10-8-14-12-7-4-3-6-9(10)12;/h3-4,6-8,11,14H,2,5,13H2,1H3;1H/t11-;/m0./s1. The van der Waals surface area contributed by atoms with Gasteiger partial charge in [-0.2, -0.15) is 0 Å². The SMILES string of the molecule is CCC[C@H](N)c1c[nH]c2ccccc12.Cl. The van der Waals surface area contributed by atoms with Crippen molar-refractivity contribution in [3.63, 3.8) is 0 Å². The lowest BCUT2D eigenvalue weighted by molar-refractivity contribution is 0.642. The summed E-state index contributed by atoms with van der Waals surface area (Å²) < 4.78 is 0. The molecule has 1 heterocycles. The molecule has 82 valence electrons. The molecular formula is C12H17ClN2. The first-order valence-corrected chi connectivity index (χ1v) is 5.14. The summed E-state index contributed by atoms with van der Waals surface area (Å²) in [5.74, 6) is 0. The molecule has 0 saturated carbocycles. The molecule has 0 fully saturated rings. The van der Waals surface area contributed by atoms with Crippen molar-refractivity contribution in [2.75, 3.05) is 0 Å². The van der Waals surface area contributed by atoms with Crippen LogP contribution in [0.5, 0.6) is 0 Å². The Morgan fingerprint density at radius 3 is 2.80 bits per heavy atom. The zero-order valence-electron chi connectivity index (χ0n) is 8.86. The first-order valence-electron chi connectivity index (χ1n) is 5.14. The Kier molecular flexibility index (Phi) is 4.18. The summed E-state index contributed by atoms with van der Waals surface area (Å²) in [4.78, 5) is 3.25. The third-order valence-corrected chi connectivity index (χ3v) is 2.62. The van der Waals surface area contributed by atoms with Crippen molar-refractivity contribution in [2.45, 2.75) is 25.8 Å². The van der Waals surface area contributed by atoms with Gasteiger partial charge in [-0.1, -0.05) is 31.5 Å². The molecule has 0 aliphatic rings. The molecule has 1 aromatic carbocycles. The second kappa shape index (κ2) is 5.19. The minimum absolute atomic E-state index is 0. The number of fused-ring (bicyclic) bond motifs is 1. The second-order valence-corrected chi connectivity index (χ2v) is 3.68. The molecule has 1 aromatic heterocycles.